The van der Waals surface area contributed by atoms with Crippen LogP contribution in [-0.2, 0) is 0 Å². The molecule has 0 fully saturated rings. The minimum absolute atomic E-state index is 0.622. The number of hydrogen-bond acceptors (Lipinski definition) is 7. The SMILES string of the molecule is C/C(=N\Nc1nnc(Nc2ccccc2C)s1)c1ccccn1. The largest absolute Gasteiger partial charge is 0.330 e. The van der Waals surface area contributed by atoms with Crippen LogP contribution in [0.4, 0.5) is 16.0 Å². The van der Waals surface area contributed by atoms with Gasteiger partial charge in [0, 0.05) is 11.9 Å². The van der Waals surface area contributed by atoms with E-state index in [2.05, 4.69) is 31.0 Å². The number of hydrazone groups is 1. The van der Waals surface area contributed by atoms with E-state index in [1.54, 1.807) is 6.20 Å². The van der Waals surface area contributed by atoms with Crippen LogP contribution in [0.5, 0.6) is 0 Å². The van der Waals surface area contributed by atoms with Crippen LogP contribution in [0.15, 0.2) is 53.8 Å². The van der Waals surface area contributed by atoms with Crippen LogP contribution >= 0.6 is 11.3 Å². The van der Waals surface area contributed by atoms with Crippen molar-refractivity contribution < 1.29 is 0 Å². The molecule has 3 rings (SSSR count). The van der Waals surface area contributed by atoms with Gasteiger partial charge in [-0.15, -0.1) is 10.2 Å². The first-order chi connectivity index (χ1) is 11.2. The average Bonchev–Trinajstić information content (AvgIpc) is 3.03. The zero-order chi connectivity index (χ0) is 16.1. The topological polar surface area (TPSA) is 75.1 Å². The summed E-state index contributed by atoms with van der Waals surface area (Å²) in [4.78, 5) is 4.25. The van der Waals surface area contributed by atoms with Crippen molar-refractivity contribution in [2.24, 2.45) is 5.10 Å². The summed E-state index contributed by atoms with van der Waals surface area (Å²) in [5.74, 6) is 0. The van der Waals surface area contributed by atoms with Gasteiger partial charge < -0.3 is 5.32 Å². The highest BCUT2D eigenvalue weighted by atomic mass is 32.1. The molecule has 0 aliphatic carbocycles. The summed E-state index contributed by atoms with van der Waals surface area (Å²) >= 11 is 1.40. The highest BCUT2D eigenvalue weighted by Crippen LogP contribution is 2.25. The second-order valence-electron chi connectivity index (χ2n) is 4.88. The van der Waals surface area contributed by atoms with Crippen LogP contribution in [0.25, 0.3) is 0 Å². The first kappa shape index (κ1) is 15.1. The van der Waals surface area contributed by atoms with Crippen molar-refractivity contribution in [1.82, 2.24) is 15.2 Å². The van der Waals surface area contributed by atoms with Crippen molar-refractivity contribution in [2.75, 3.05) is 10.7 Å². The van der Waals surface area contributed by atoms with Gasteiger partial charge in [-0.1, -0.05) is 35.6 Å². The molecule has 0 aliphatic heterocycles. The van der Waals surface area contributed by atoms with Crippen molar-refractivity contribution in [3.63, 3.8) is 0 Å². The zero-order valence-electron chi connectivity index (χ0n) is 12.8. The number of hydrogen-bond donors (Lipinski definition) is 2. The summed E-state index contributed by atoms with van der Waals surface area (Å²) in [6.45, 7) is 3.94. The lowest BCUT2D eigenvalue weighted by atomic mass is 10.2. The van der Waals surface area contributed by atoms with Gasteiger partial charge >= 0.3 is 0 Å². The molecule has 0 aliphatic rings. The maximum Gasteiger partial charge on any atom is 0.227 e. The van der Waals surface area contributed by atoms with E-state index in [0.717, 1.165) is 22.7 Å². The number of nitrogens with one attached hydrogen (secondary N) is 2. The minimum atomic E-state index is 0.622. The Balaban J connectivity index is 1.67. The second-order valence-corrected chi connectivity index (χ2v) is 5.85. The van der Waals surface area contributed by atoms with Gasteiger partial charge in [0.05, 0.1) is 11.4 Å². The number of nitrogens with zero attached hydrogens (tertiary/aromatic N) is 4. The van der Waals surface area contributed by atoms with Crippen molar-refractivity contribution in [3.05, 3.63) is 59.9 Å². The minimum Gasteiger partial charge on any atom is -0.330 e. The molecule has 1 aromatic carbocycles. The molecule has 2 aromatic heterocycles. The molecule has 0 spiro atoms. The van der Waals surface area contributed by atoms with E-state index in [1.165, 1.54) is 11.3 Å². The Morgan fingerprint density at radius 1 is 1.04 bits per heavy atom. The number of aromatic nitrogens is 3. The summed E-state index contributed by atoms with van der Waals surface area (Å²) in [5, 5.41) is 17.1. The predicted octanol–water partition coefficient (Wildman–Crippen LogP) is 3.82. The number of benzene rings is 1. The summed E-state index contributed by atoms with van der Waals surface area (Å²) in [7, 11) is 0. The van der Waals surface area contributed by atoms with Gasteiger partial charge in [-0.25, -0.2) is 0 Å². The molecule has 2 heterocycles. The maximum absolute atomic E-state index is 4.29. The van der Waals surface area contributed by atoms with E-state index in [-0.39, 0.29) is 0 Å². The van der Waals surface area contributed by atoms with Crippen molar-refractivity contribution in [1.29, 1.82) is 0 Å². The lowest BCUT2D eigenvalue weighted by molar-refractivity contribution is 1.08. The van der Waals surface area contributed by atoms with Crippen LogP contribution < -0.4 is 10.7 Å². The molecule has 2 N–H and O–H groups in total. The Morgan fingerprint density at radius 3 is 2.61 bits per heavy atom. The molecule has 6 nitrogen and oxygen atoms in total. The fourth-order valence-electron chi connectivity index (χ4n) is 1.91. The van der Waals surface area contributed by atoms with E-state index in [9.17, 15) is 0 Å². The first-order valence-electron chi connectivity index (χ1n) is 7.10. The number of pyridine rings is 1. The number of para-hydroxylation sites is 1. The van der Waals surface area contributed by atoms with Crippen molar-refractivity contribution in [3.8, 4) is 0 Å². The molecule has 0 saturated heterocycles. The quantitative estimate of drug-likeness (QED) is 0.551. The Kier molecular flexibility index (Phi) is 4.58. The third-order valence-corrected chi connectivity index (χ3v) is 3.91. The summed E-state index contributed by atoms with van der Waals surface area (Å²) in [6.07, 6.45) is 1.74. The summed E-state index contributed by atoms with van der Waals surface area (Å²) in [6, 6.07) is 13.7. The molecule has 0 saturated carbocycles. The van der Waals surface area contributed by atoms with Gasteiger partial charge in [0.15, 0.2) is 0 Å². The molecule has 0 amide bonds. The van der Waals surface area contributed by atoms with E-state index in [4.69, 9.17) is 0 Å². The van der Waals surface area contributed by atoms with Crippen LogP contribution in [0.3, 0.4) is 0 Å². The lowest BCUT2D eigenvalue weighted by Gasteiger charge is -2.04. The fraction of sp³-hybridized carbons (Fsp3) is 0.125. The Bertz CT molecular complexity index is 812. The van der Waals surface area contributed by atoms with Gasteiger partial charge in [0.2, 0.25) is 10.3 Å². The Morgan fingerprint density at radius 2 is 1.83 bits per heavy atom. The van der Waals surface area contributed by atoms with E-state index >= 15 is 0 Å². The van der Waals surface area contributed by atoms with Crippen molar-refractivity contribution in [2.45, 2.75) is 13.8 Å². The third-order valence-electron chi connectivity index (χ3n) is 3.17. The molecule has 23 heavy (non-hydrogen) atoms. The maximum atomic E-state index is 4.29. The standard InChI is InChI=1S/C16H16N6S/c1-11-7-3-4-8-13(11)18-15-20-22-16(23-15)21-19-12(2)14-9-5-6-10-17-14/h3-10H,1-2H3,(H,18,20)(H,21,22)/b19-12+. The molecule has 0 unspecified atom stereocenters. The summed E-state index contributed by atoms with van der Waals surface area (Å²) < 4.78 is 0. The Labute approximate surface area is 138 Å². The monoisotopic (exact) mass is 324 g/mol. The van der Waals surface area contributed by atoms with Gasteiger partial charge in [0.25, 0.3) is 0 Å². The van der Waals surface area contributed by atoms with Crippen molar-refractivity contribution >= 4 is 33.0 Å². The molecule has 0 atom stereocenters. The molecular weight excluding hydrogens is 308 g/mol. The number of aryl methyl sites for hydroxylation is 1. The van der Waals surface area contributed by atoms with Crippen LogP contribution in [0, 0.1) is 6.92 Å². The normalized spacial score (nSPS) is 11.3. The molecule has 0 radical (unpaired) electrons. The lowest BCUT2D eigenvalue weighted by Crippen LogP contribution is -2.01. The fourth-order valence-corrected chi connectivity index (χ4v) is 2.51. The van der Waals surface area contributed by atoms with Crippen LogP contribution in [-0.4, -0.2) is 20.9 Å². The molecule has 116 valence electrons. The highest BCUT2D eigenvalue weighted by Gasteiger charge is 2.05. The first-order valence-corrected chi connectivity index (χ1v) is 7.92. The number of anilines is 3. The average molecular weight is 324 g/mol. The van der Waals surface area contributed by atoms with E-state index < -0.39 is 0 Å². The molecule has 7 heteroatoms. The zero-order valence-corrected chi connectivity index (χ0v) is 13.6. The second kappa shape index (κ2) is 6.97. The smallest absolute Gasteiger partial charge is 0.227 e. The third kappa shape index (κ3) is 3.89. The number of rotatable bonds is 5. The van der Waals surface area contributed by atoms with Gasteiger partial charge in [-0.3, -0.25) is 10.4 Å². The Hall–Kier alpha value is -2.80. The predicted molar refractivity (Wildman–Crippen MR) is 94.4 cm³/mol. The van der Waals surface area contributed by atoms with Gasteiger partial charge in [0.1, 0.15) is 0 Å². The van der Waals surface area contributed by atoms with Gasteiger partial charge in [-0.2, -0.15) is 5.10 Å². The van der Waals surface area contributed by atoms with Gasteiger partial charge in [-0.05, 0) is 37.6 Å². The van der Waals surface area contributed by atoms with Crippen LogP contribution in [0.2, 0.25) is 0 Å². The van der Waals surface area contributed by atoms with E-state index in [0.29, 0.717) is 10.3 Å². The van der Waals surface area contributed by atoms with E-state index in [1.807, 2.05) is 56.3 Å². The highest BCUT2D eigenvalue weighted by molar-refractivity contribution is 7.19. The molecule has 0 bridgehead atoms. The summed E-state index contributed by atoms with van der Waals surface area (Å²) in [5.41, 5.74) is 6.70. The molecular formula is C16H16N6S. The van der Waals surface area contributed by atoms with Crippen LogP contribution in [0.1, 0.15) is 18.2 Å². The molecule has 3 aromatic rings.